The van der Waals surface area contributed by atoms with Gasteiger partial charge in [-0.05, 0) is 37.1 Å². The van der Waals surface area contributed by atoms with Gasteiger partial charge in [0.15, 0.2) is 5.69 Å². The minimum absolute atomic E-state index is 0.0111. The Morgan fingerprint density at radius 1 is 1.03 bits per heavy atom. The minimum atomic E-state index is -0.480. The Morgan fingerprint density at radius 3 is 2.50 bits per heavy atom. The Kier molecular flexibility index (Phi) is 5.38. The van der Waals surface area contributed by atoms with Crippen LogP contribution in [0.3, 0.4) is 0 Å². The third-order valence-corrected chi connectivity index (χ3v) is 4.61. The maximum Gasteiger partial charge on any atom is 0.274 e. The van der Waals surface area contributed by atoms with Crippen LogP contribution in [0.25, 0.3) is 22.8 Å². The lowest BCUT2D eigenvalue weighted by molar-refractivity contribution is 0.0908. The Morgan fingerprint density at radius 2 is 1.80 bits per heavy atom. The Bertz CT molecular complexity index is 1140. The van der Waals surface area contributed by atoms with Gasteiger partial charge in [0.05, 0.1) is 0 Å². The number of aryl methyl sites for hydroxylation is 1. The van der Waals surface area contributed by atoms with Crippen molar-refractivity contribution in [1.29, 1.82) is 0 Å². The molecule has 0 spiro atoms. The van der Waals surface area contributed by atoms with Crippen LogP contribution in [0.5, 0.6) is 0 Å². The lowest BCUT2D eigenvalue weighted by atomic mass is 10.0. The molecule has 3 heterocycles. The predicted octanol–water partition coefficient (Wildman–Crippen LogP) is 4.22. The Balaban J connectivity index is 1.57. The second-order valence-electron chi connectivity index (χ2n) is 7.18. The number of hydrogen-bond acceptors (Lipinski definition) is 7. The van der Waals surface area contributed by atoms with Crippen LogP contribution >= 0.6 is 0 Å². The molecule has 1 atom stereocenters. The molecule has 4 rings (SSSR count). The average molecular weight is 403 g/mol. The standard InChI is InChI=1S/C22H21N5O3/c1-13(2)17(22-26-19(27-30-22)16-10-7-11-23-12-16)24-20(28)18-14(3)29-21(25-18)15-8-5-4-6-9-15/h4-13,17H,1-3H3,(H,24,28). The summed E-state index contributed by atoms with van der Waals surface area (Å²) in [7, 11) is 0. The lowest BCUT2D eigenvalue weighted by Crippen LogP contribution is -2.32. The van der Waals surface area contributed by atoms with Crippen LogP contribution in [0, 0.1) is 12.8 Å². The van der Waals surface area contributed by atoms with Crippen LogP contribution in [-0.4, -0.2) is 26.0 Å². The average Bonchev–Trinajstić information content (AvgIpc) is 3.40. The zero-order valence-electron chi connectivity index (χ0n) is 16.9. The van der Waals surface area contributed by atoms with Crippen LogP contribution in [0.15, 0.2) is 63.8 Å². The van der Waals surface area contributed by atoms with E-state index < -0.39 is 6.04 Å². The highest BCUT2D eigenvalue weighted by molar-refractivity contribution is 5.93. The van der Waals surface area contributed by atoms with Gasteiger partial charge >= 0.3 is 0 Å². The second kappa shape index (κ2) is 8.28. The molecule has 0 saturated heterocycles. The molecular formula is C22H21N5O3. The van der Waals surface area contributed by atoms with Gasteiger partial charge in [0.1, 0.15) is 11.8 Å². The highest BCUT2D eigenvalue weighted by Gasteiger charge is 2.28. The number of carbonyl (C=O) groups excluding carboxylic acids is 1. The third kappa shape index (κ3) is 3.98. The molecule has 0 radical (unpaired) electrons. The van der Waals surface area contributed by atoms with Gasteiger partial charge in [-0.2, -0.15) is 4.98 Å². The zero-order chi connectivity index (χ0) is 21.1. The van der Waals surface area contributed by atoms with Crippen molar-refractivity contribution in [2.45, 2.75) is 26.8 Å². The highest BCUT2D eigenvalue weighted by Crippen LogP contribution is 2.25. The summed E-state index contributed by atoms with van der Waals surface area (Å²) in [5, 5.41) is 6.97. The molecule has 4 aromatic rings. The summed E-state index contributed by atoms with van der Waals surface area (Å²) in [6.45, 7) is 5.64. The van der Waals surface area contributed by atoms with E-state index in [0.29, 0.717) is 23.4 Å². The number of benzene rings is 1. The molecule has 1 N–H and O–H groups in total. The second-order valence-corrected chi connectivity index (χ2v) is 7.18. The van der Waals surface area contributed by atoms with Crippen LogP contribution in [-0.2, 0) is 0 Å². The molecule has 0 aliphatic carbocycles. The summed E-state index contributed by atoms with van der Waals surface area (Å²) in [5.74, 6) is 1.23. The van der Waals surface area contributed by atoms with E-state index in [1.165, 1.54) is 0 Å². The molecule has 0 aliphatic rings. The van der Waals surface area contributed by atoms with Gasteiger partial charge in [-0.15, -0.1) is 0 Å². The number of nitrogens with one attached hydrogen (secondary N) is 1. The largest absolute Gasteiger partial charge is 0.441 e. The molecule has 152 valence electrons. The highest BCUT2D eigenvalue weighted by atomic mass is 16.5. The van der Waals surface area contributed by atoms with Crippen LogP contribution in [0.4, 0.5) is 0 Å². The zero-order valence-corrected chi connectivity index (χ0v) is 16.9. The first-order valence-electron chi connectivity index (χ1n) is 9.60. The SMILES string of the molecule is Cc1oc(-c2ccccc2)nc1C(=O)NC(c1nc(-c2cccnc2)no1)C(C)C. The van der Waals surface area contributed by atoms with E-state index in [4.69, 9.17) is 8.94 Å². The first-order chi connectivity index (χ1) is 14.5. The third-order valence-electron chi connectivity index (χ3n) is 4.61. The van der Waals surface area contributed by atoms with Gasteiger partial charge in [-0.3, -0.25) is 9.78 Å². The lowest BCUT2D eigenvalue weighted by Gasteiger charge is -2.17. The molecule has 30 heavy (non-hydrogen) atoms. The fourth-order valence-electron chi connectivity index (χ4n) is 3.01. The molecule has 1 unspecified atom stereocenters. The van der Waals surface area contributed by atoms with E-state index >= 15 is 0 Å². The first kappa shape index (κ1) is 19.5. The van der Waals surface area contributed by atoms with Crippen molar-refractivity contribution >= 4 is 5.91 Å². The maximum atomic E-state index is 12.9. The molecule has 8 nitrogen and oxygen atoms in total. The van der Waals surface area contributed by atoms with Gasteiger partial charge in [-0.1, -0.05) is 37.2 Å². The predicted molar refractivity (Wildman–Crippen MR) is 109 cm³/mol. The molecule has 3 aromatic heterocycles. The van der Waals surface area contributed by atoms with Gasteiger partial charge in [0.2, 0.25) is 17.6 Å². The number of carbonyl (C=O) groups is 1. The van der Waals surface area contributed by atoms with E-state index in [2.05, 4.69) is 25.4 Å². The Hall–Kier alpha value is -3.81. The van der Waals surface area contributed by atoms with Crippen molar-refractivity contribution in [3.63, 3.8) is 0 Å². The fraction of sp³-hybridized carbons (Fsp3) is 0.227. The molecule has 0 aliphatic heterocycles. The number of pyridine rings is 1. The van der Waals surface area contributed by atoms with Gasteiger partial charge in [-0.25, -0.2) is 4.98 Å². The van der Waals surface area contributed by atoms with Crippen molar-refractivity contribution in [2.75, 3.05) is 0 Å². The summed E-state index contributed by atoms with van der Waals surface area (Å²) in [5.41, 5.74) is 1.77. The van der Waals surface area contributed by atoms with Crippen molar-refractivity contribution in [3.05, 3.63) is 72.2 Å². The van der Waals surface area contributed by atoms with Crippen molar-refractivity contribution in [1.82, 2.24) is 25.4 Å². The van der Waals surface area contributed by atoms with Crippen LogP contribution < -0.4 is 5.32 Å². The molecule has 0 bridgehead atoms. The number of amides is 1. The van der Waals surface area contributed by atoms with Crippen LogP contribution in [0.2, 0.25) is 0 Å². The quantitative estimate of drug-likeness (QED) is 0.513. The maximum absolute atomic E-state index is 12.9. The molecule has 1 amide bonds. The Labute approximate surface area is 173 Å². The smallest absolute Gasteiger partial charge is 0.274 e. The summed E-state index contributed by atoms with van der Waals surface area (Å²) < 4.78 is 11.1. The number of nitrogens with zero attached hydrogens (tertiary/aromatic N) is 4. The van der Waals surface area contributed by atoms with Crippen molar-refractivity contribution in [3.8, 4) is 22.8 Å². The van der Waals surface area contributed by atoms with Gasteiger partial charge in [0.25, 0.3) is 5.91 Å². The molecule has 0 saturated carbocycles. The monoisotopic (exact) mass is 403 g/mol. The molecule has 1 aromatic carbocycles. The molecule has 0 fully saturated rings. The van der Waals surface area contributed by atoms with E-state index in [1.54, 1.807) is 25.4 Å². The van der Waals surface area contributed by atoms with E-state index in [0.717, 1.165) is 11.1 Å². The summed E-state index contributed by atoms with van der Waals surface area (Å²) in [6.07, 6.45) is 3.33. The topological polar surface area (TPSA) is 107 Å². The molecule has 8 heteroatoms. The van der Waals surface area contributed by atoms with Crippen molar-refractivity contribution < 1.29 is 13.7 Å². The fourth-order valence-corrected chi connectivity index (χ4v) is 3.01. The number of aromatic nitrogens is 4. The minimum Gasteiger partial charge on any atom is -0.441 e. The summed E-state index contributed by atoms with van der Waals surface area (Å²) in [4.78, 5) is 25.8. The number of oxazole rings is 1. The van der Waals surface area contributed by atoms with E-state index in [1.807, 2.05) is 50.2 Å². The summed E-state index contributed by atoms with van der Waals surface area (Å²) in [6, 6.07) is 12.6. The number of hydrogen-bond donors (Lipinski definition) is 1. The van der Waals surface area contributed by atoms with E-state index in [-0.39, 0.29) is 17.5 Å². The molecular weight excluding hydrogens is 382 g/mol. The summed E-state index contributed by atoms with van der Waals surface area (Å²) >= 11 is 0. The first-order valence-corrected chi connectivity index (χ1v) is 9.60. The number of rotatable bonds is 6. The van der Waals surface area contributed by atoms with Crippen molar-refractivity contribution in [2.24, 2.45) is 5.92 Å². The van der Waals surface area contributed by atoms with Gasteiger partial charge in [0, 0.05) is 23.5 Å². The van der Waals surface area contributed by atoms with Gasteiger partial charge < -0.3 is 14.3 Å². The van der Waals surface area contributed by atoms with E-state index in [9.17, 15) is 4.79 Å². The normalized spacial score (nSPS) is 12.1. The van der Waals surface area contributed by atoms with Crippen LogP contribution in [0.1, 0.15) is 42.0 Å².